The van der Waals surface area contributed by atoms with E-state index in [2.05, 4.69) is 11.0 Å². The van der Waals surface area contributed by atoms with Crippen molar-refractivity contribution in [2.24, 2.45) is 0 Å². The Hall–Kier alpha value is -1.28. The summed E-state index contributed by atoms with van der Waals surface area (Å²) >= 11 is 0. The molecule has 0 spiro atoms. The molecule has 2 amide bonds. The van der Waals surface area contributed by atoms with Crippen molar-refractivity contribution in [2.75, 3.05) is 39.8 Å². The van der Waals surface area contributed by atoms with E-state index in [0.717, 1.165) is 32.7 Å². The molecule has 1 atom stereocenters. The van der Waals surface area contributed by atoms with Gasteiger partial charge in [0, 0.05) is 39.8 Å². The normalized spacial score (nSPS) is 19.0. The Morgan fingerprint density at radius 2 is 2.00 bits per heavy atom. The van der Waals surface area contributed by atoms with E-state index in [1.54, 1.807) is 4.90 Å². The minimum absolute atomic E-state index is 0.0545. The van der Waals surface area contributed by atoms with Gasteiger partial charge < -0.3 is 9.80 Å². The molecule has 0 aromatic rings. The van der Waals surface area contributed by atoms with Gasteiger partial charge >= 0.3 is 6.03 Å². The summed E-state index contributed by atoms with van der Waals surface area (Å²) in [6, 6.07) is 2.26. The van der Waals surface area contributed by atoms with Crippen LogP contribution in [-0.2, 0) is 0 Å². The van der Waals surface area contributed by atoms with Crippen LogP contribution in [0.15, 0.2) is 0 Å². The van der Waals surface area contributed by atoms with Crippen LogP contribution >= 0.6 is 0 Å². The molecule has 1 fully saturated rings. The first-order chi connectivity index (χ1) is 7.60. The molecule has 1 aliphatic rings. The van der Waals surface area contributed by atoms with Crippen LogP contribution in [0.5, 0.6) is 0 Å². The van der Waals surface area contributed by atoms with Gasteiger partial charge in [0.15, 0.2) is 0 Å². The van der Waals surface area contributed by atoms with Crippen molar-refractivity contribution in [3.05, 3.63) is 0 Å². The van der Waals surface area contributed by atoms with Gasteiger partial charge in [-0.25, -0.2) is 4.79 Å². The maximum absolute atomic E-state index is 11.8. The SMILES string of the molecule is CCN(C)C(=O)N1CCN(C(C)C#N)CC1. The minimum atomic E-state index is -0.0545. The second-order valence-corrected chi connectivity index (χ2v) is 4.12. The van der Waals surface area contributed by atoms with E-state index in [1.165, 1.54) is 0 Å². The smallest absolute Gasteiger partial charge is 0.319 e. The van der Waals surface area contributed by atoms with Crippen molar-refractivity contribution in [3.63, 3.8) is 0 Å². The van der Waals surface area contributed by atoms with Gasteiger partial charge in [0.2, 0.25) is 0 Å². The summed E-state index contributed by atoms with van der Waals surface area (Å²) in [7, 11) is 1.81. The second-order valence-electron chi connectivity index (χ2n) is 4.12. The van der Waals surface area contributed by atoms with Crippen LogP contribution in [0.2, 0.25) is 0 Å². The molecular weight excluding hydrogens is 204 g/mol. The molecule has 0 N–H and O–H groups in total. The predicted molar refractivity (Wildman–Crippen MR) is 61.9 cm³/mol. The fourth-order valence-electron chi connectivity index (χ4n) is 1.76. The summed E-state index contributed by atoms with van der Waals surface area (Å²) in [5.74, 6) is 0. The molecule has 0 saturated carbocycles. The summed E-state index contributed by atoms with van der Waals surface area (Å²) in [4.78, 5) is 17.5. The molecular formula is C11H20N4O. The van der Waals surface area contributed by atoms with Crippen LogP contribution in [0.4, 0.5) is 4.79 Å². The molecule has 0 aromatic heterocycles. The number of hydrogen-bond acceptors (Lipinski definition) is 3. The van der Waals surface area contributed by atoms with Crippen LogP contribution in [0.25, 0.3) is 0 Å². The monoisotopic (exact) mass is 224 g/mol. The van der Waals surface area contributed by atoms with Crippen LogP contribution in [-0.4, -0.2) is 66.5 Å². The van der Waals surface area contributed by atoms with E-state index in [4.69, 9.17) is 5.26 Å². The van der Waals surface area contributed by atoms with E-state index in [9.17, 15) is 4.79 Å². The number of nitrogens with zero attached hydrogens (tertiary/aromatic N) is 4. The molecule has 0 radical (unpaired) electrons. The Morgan fingerprint density at radius 3 is 2.44 bits per heavy atom. The zero-order valence-electron chi connectivity index (χ0n) is 10.3. The molecule has 1 unspecified atom stereocenters. The quantitative estimate of drug-likeness (QED) is 0.689. The summed E-state index contributed by atoms with van der Waals surface area (Å²) < 4.78 is 0. The lowest BCUT2D eigenvalue weighted by Crippen LogP contribution is -2.53. The third kappa shape index (κ3) is 2.86. The van der Waals surface area contributed by atoms with Crippen molar-refractivity contribution in [2.45, 2.75) is 19.9 Å². The van der Waals surface area contributed by atoms with Crippen molar-refractivity contribution in [1.82, 2.24) is 14.7 Å². The summed E-state index contributed by atoms with van der Waals surface area (Å²) in [6.45, 7) is 7.61. The van der Waals surface area contributed by atoms with Crippen molar-refractivity contribution >= 4 is 6.03 Å². The van der Waals surface area contributed by atoms with Gasteiger partial charge in [-0.1, -0.05) is 0 Å². The Balaban J connectivity index is 2.43. The van der Waals surface area contributed by atoms with Gasteiger partial charge in [0.1, 0.15) is 0 Å². The molecule has 5 nitrogen and oxygen atoms in total. The minimum Gasteiger partial charge on any atom is -0.328 e. The maximum atomic E-state index is 11.8. The lowest BCUT2D eigenvalue weighted by Gasteiger charge is -2.37. The fourth-order valence-corrected chi connectivity index (χ4v) is 1.76. The number of hydrogen-bond donors (Lipinski definition) is 0. The van der Waals surface area contributed by atoms with Crippen molar-refractivity contribution < 1.29 is 4.79 Å². The molecule has 16 heavy (non-hydrogen) atoms. The van der Waals surface area contributed by atoms with E-state index in [-0.39, 0.29) is 12.1 Å². The zero-order chi connectivity index (χ0) is 12.1. The zero-order valence-corrected chi connectivity index (χ0v) is 10.3. The number of carbonyl (C=O) groups excluding carboxylic acids is 1. The first kappa shape index (κ1) is 12.8. The van der Waals surface area contributed by atoms with Gasteiger partial charge in [-0.2, -0.15) is 5.26 Å². The van der Waals surface area contributed by atoms with Gasteiger partial charge in [0.05, 0.1) is 12.1 Å². The fraction of sp³-hybridized carbons (Fsp3) is 0.818. The van der Waals surface area contributed by atoms with Gasteiger partial charge in [-0.15, -0.1) is 0 Å². The Labute approximate surface area is 97.2 Å². The third-order valence-electron chi connectivity index (χ3n) is 3.12. The molecule has 1 heterocycles. The number of carbonyl (C=O) groups is 1. The van der Waals surface area contributed by atoms with Crippen molar-refractivity contribution in [1.29, 1.82) is 5.26 Å². The standard InChI is InChI=1S/C11H20N4O/c1-4-13(3)11(16)15-7-5-14(6-8-15)10(2)9-12/h10H,4-8H2,1-3H3. The summed E-state index contributed by atoms with van der Waals surface area (Å²) in [5, 5.41) is 8.81. The topological polar surface area (TPSA) is 50.6 Å². The number of rotatable bonds is 2. The highest BCUT2D eigenvalue weighted by Gasteiger charge is 2.24. The first-order valence-corrected chi connectivity index (χ1v) is 5.73. The number of amides is 2. The third-order valence-corrected chi connectivity index (χ3v) is 3.12. The molecule has 0 bridgehead atoms. The van der Waals surface area contributed by atoms with E-state index < -0.39 is 0 Å². The second kappa shape index (κ2) is 5.71. The lowest BCUT2D eigenvalue weighted by molar-refractivity contribution is 0.111. The molecule has 1 aliphatic heterocycles. The van der Waals surface area contributed by atoms with Crippen LogP contribution in [0.3, 0.4) is 0 Å². The Kier molecular flexibility index (Phi) is 4.56. The van der Waals surface area contributed by atoms with E-state index in [1.807, 2.05) is 25.8 Å². The van der Waals surface area contributed by atoms with Gasteiger partial charge in [-0.05, 0) is 13.8 Å². The number of nitriles is 1. The summed E-state index contributed by atoms with van der Waals surface area (Å²) in [5.41, 5.74) is 0. The molecule has 0 aromatic carbocycles. The van der Waals surface area contributed by atoms with Gasteiger partial charge in [0.25, 0.3) is 0 Å². The molecule has 90 valence electrons. The van der Waals surface area contributed by atoms with E-state index >= 15 is 0 Å². The number of piperazine rings is 1. The molecule has 1 rings (SSSR count). The Bertz CT molecular complexity index is 278. The highest BCUT2D eigenvalue weighted by molar-refractivity contribution is 5.74. The highest BCUT2D eigenvalue weighted by Crippen LogP contribution is 2.07. The largest absolute Gasteiger partial charge is 0.328 e. The average Bonchev–Trinajstić information content (AvgIpc) is 2.36. The van der Waals surface area contributed by atoms with E-state index in [0.29, 0.717) is 0 Å². The number of urea groups is 1. The molecule has 0 aliphatic carbocycles. The first-order valence-electron chi connectivity index (χ1n) is 5.73. The predicted octanol–water partition coefficient (Wildman–Crippen LogP) is 0.588. The van der Waals surface area contributed by atoms with Gasteiger partial charge in [-0.3, -0.25) is 4.90 Å². The van der Waals surface area contributed by atoms with Crippen LogP contribution < -0.4 is 0 Å². The highest BCUT2D eigenvalue weighted by atomic mass is 16.2. The van der Waals surface area contributed by atoms with Crippen LogP contribution in [0.1, 0.15) is 13.8 Å². The molecule has 5 heteroatoms. The summed E-state index contributed by atoms with van der Waals surface area (Å²) in [6.07, 6.45) is 0. The Morgan fingerprint density at radius 1 is 1.44 bits per heavy atom. The van der Waals surface area contributed by atoms with Crippen LogP contribution in [0, 0.1) is 11.3 Å². The van der Waals surface area contributed by atoms with Crippen molar-refractivity contribution in [3.8, 4) is 6.07 Å². The lowest BCUT2D eigenvalue weighted by atomic mass is 10.2. The average molecular weight is 224 g/mol. The molecule has 1 saturated heterocycles. The maximum Gasteiger partial charge on any atom is 0.319 e.